The first-order valence-corrected chi connectivity index (χ1v) is 12.6. The smallest absolute Gasteiger partial charge is 0.252 e. The number of amides is 1. The lowest BCUT2D eigenvalue weighted by molar-refractivity contribution is 0.0374. The Morgan fingerprint density at radius 2 is 1.81 bits per heavy atom. The van der Waals surface area contributed by atoms with Crippen LogP contribution in [0.4, 0.5) is 0 Å². The number of benzene rings is 1. The van der Waals surface area contributed by atoms with Crippen LogP contribution >= 0.6 is 0 Å². The van der Waals surface area contributed by atoms with E-state index in [9.17, 15) is 18.0 Å². The maximum atomic E-state index is 13.1. The van der Waals surface area contributed by atoms with E-state index in [0.717, 1.165) is 58.5 Å². The van der Waals surface area contributed by atoms with Crippen LogP contribution < -0.4 is 10.9 Å². The van der Waals surface area contributed by atoms with E-state index in [1.54, 1.807) is 6.07 Å². The molecule has 2 fully saturated rings. The van der Waals surface area contributed by atoms with Gasteiger partial charge >= 0.3 is 0 Å². The Balaban J connectivity index is 1.51. The average Bonchev–Trinajstić information content (AvgIpc) is 2.82. The van der Waals surface area contributed by atoms with E-state index >= 15 is 0 Å². The monoisotopic (exact) mass is 462 g/mol. The Morgan fingerprint density at radius 1 is 1.06 bits per heavy atom. The third kappa shape index (κ3) is 5.20. The minimum Gasteiger partial charge on any atom is -0.379 e. The fraction of sp³-hybridized carbons (Fsp3) is 0.545. The summed E-state index contributed by atoms with van der Waals surface area (Å²) in [6, 6.07) is 5.78. The van der Waals surface area contributed by atoms with Crippen molar-refractivity contribution >= 4 is 26.8 Å². The molecule has 0 bridgehead atoms. The van der Waals surface area contributed by atoms with Crippen LogP contribution in [0.25, 0.3) is 10.9 Å². The number of aromatic amines is 1. The number of piperidine rings is 1. The highest BCUT2D eigenvalue weighted by molar-refractivity contribution is 7.89. The molecule has 1 aromatic heterocycles. The zero-order valence-electron chi connectivity index (χ0n) is 18.1. The first-order valence-electron chi connectivity index (χ1n) is 11.2. The minimum absolute atomic E-state index is 0.139. The van der Waals surface area contributed by atoms with Gasteiger partial charge in [-0.05, 0) is 44.0 Å². The molecule has 174 valence electrons. The van der Waals surface area contributed by atoms with Crippen molar-refractivity contribution in [1.82, 2.24) is 19.5 Å². The van der Waals surface area contributed by atoms with Gasteiger partial charge in [0.15, 0.2) is 0 Å². The van der Waals surface area contributed by atoms with Crippen LogP contribution in [0.3, 0.4) is 0 Å². The van der Waals surface area contributed by atoms with Crippen LogP contribution in [0.5, 0.6) is 0 Å². The van der Waals surface area contributed by atoms with E-state index in [1.165, 1.54) is 22.5 Å². The summed E-state index contributed by atoms with van der Waals surface area (Å²) in [7, 11) is -3.65. The number of hydrogen-bond donors (Lipinski definition) is 2. The zero-order chi connectivity index (χ0) is 22.6. The fourth-order valence-corrected chi connectivity index (χ4v) is 5.80. The molecule has 0 aliphatic carbocycles. The van der Waals surface area contributed by atoms with Crippen LogP contribution in [0.2, 0.25) is 0 Å². The Labute approximate surface area is 187 Å². The molecular weight excluding hydrogens is 432 g/mol. The maximum absolute atomic E-state index is 13.1. The standard InChI is InChI=1S/C22H30N4O5S/c27-21-16-19(22(28)23-7-4-8-25-11-13-31-14-12-25)18-15-17(5-6-20(18)24-21)32(29,30)26-9-2-1-3-10-26/h5-6,15-16H,1-4,7-14H2,(H,23,28)(H,24,27). The SMILES string of the molecule is O=C(NCCCN1CCOCC1)c1cc(=O)[nH]c2ccc(S(=O)(=O)N3CCCCC3)cc12. The number of sulfonamides is 1. The lowest BCUT2D eigenvalue weighted by Gasteiger charge is -2.26. The van der Waals surface area contributed by atoms with E-state index in [-0.39, 0.29) is 16.4 Å². The molecule has 2 aliphatic heterocycles. The van der Waals surface area contributed by atoms with Gasteiger partial charge in [-0.3, -0.25) is 14.5 Å². The molecular formula is C22H30N4O5S. The Kier molecular flexibility index (Phi) is 7.24. The number of hydrogen-bond acceptors (Lipinski definition) is 6. The molecule has 3 heterocycles. The Hall–Kier alpha value is -2.27. The third-order valence-corrected chi connectivity index (χ3v) is 7.95. The number of morpholine rings is 1. The minimum atomic E-state index is -3.65. The molecule has 2 aromatic rings. The summed E-state index contributed by atoms with van der Waals surface area (Å²) in [6.45, 7) is 5.57. The van der Waals surface area contributed by atoms with Crippen molar-refractivity contribution in [3.8, 4) is 0 Å². The Bertz CT molecular complexity index is 1120. The molecule has 0 unspecified atom stereocenters. The molecule has 0 atom stereocenters. The molecule has 2 aliphatic rings. The lowest BCUT2D eigenvalue weighted by Crippen LogP contribution is -2.38. The normalized spacial score (nSPS) is 18.6. The quantitative estimate of drug-likeness (QED) is 0.597. The van der Waals surface area contributed by atoms with Crippen molar-refractivity contribution in [2.24, 2.45) is 0 Å². The first-order chi connectivity index (χ1) is 15.4. The second-order valence-corrected chi connectivity index (χ2v) is 10.2. The number of H-pyrrole nitrogens is 1. The number of carbonyl (C=O) groups is 1. The number of pyridine rings is 1. The van der Waals surface area contributed by atoms with Crippen molar-refractivity contribution in [2.75, 3.05) is 52.5 Å². The van der Waals surface area contributed by atoms with E-state index in [4.69, 9.17) is 4.74 Å². The van der Waals surface area contributed by atoms with Gasteiger partial charge in [0.25, 0.3) is 5.91 Å². The molecule has 1 aromatic carbocycles. The molecule has 0 radical (unpaired) electrons. The predicted octanol–water partition coefficient (Wildman–Crippen LogP) is 1.15. The van der Waals surface area contributed by atoms with Gasteiger partial charge in [0.05, 0.1) is 23.7 Å². The van der Waals surface area contributed by atoms with E-state index in [0.29, 0.717) is 30.5 Å². The topological polar surface area (TPSA) is 112 Å². The van der Waals surface area contributed by atoms with E-state index in [1.807, 2.05) is 0 Å². The average molecular weight is 463 g/mol. The number of nitrogens with one attached hydrogen (secondary N) is 2. The Morgan fingerprint density at radius 3 is 2.56 bits per heavy atom. The summed E-state index contributed by atoms with van der Waals surface area (Å²) in [5.74, 6) is -0.379. The van der Waals surface area contributed by atoms with Gasteiger partial charge in [0.2, 0.25) is 15.6 Å². The van der Waals surface area contributed by atoms with Crippen molar-refractivity contribution in [1.29, 1.82) is 0 Å². The van der Waals surface area contributed by atoms with Crippen LogP contribution in [-0.4, -0.2) is 81.0 Å². The highest BCUT2D eigenvalue weighted by Crippen LogP contribution is 2.25. The van der Waals surface area contributed by atoms with Gasteiger partial charge in [0, 0.05) is 49.7 Å². The third-order valence-electron chi connectivity index (χ3n) is 6.05. The van der Waals surface area contributed by atoms with Gasteiger partial charge in [-0.25, -0.2) is 8.42 Å². The number of aromatic nitrogens is 1. The van der Waals surface area contributed by atoms with Gasteiger partial charge in [-0.15, -0.1) is 0 Å². The summed E-state index contributed by atoms with van der Waals surface area (Å²) >= 11 is 0. The fourth-order valence-electron chi connectivity index (χ4n) is 4.26. The van der Waals surface area contributed by atoms with Crippen molar-refractivity contribution in [3.05, 3.63) is 40.2 Å². The van der Waals surface area contributed by atoms with Crippen LogP contribution in [0.1, 0.15) is 36.0 Å². The largest absolute Gasteiger partial charge is 0.379 e. The summed E-state index contributed by atoms with van der Waals surface area (Å²) in [4.78, 5) is 30.1. The summed E-state index contributed by atoms with van der Waals surface area (Å²) in [6.07, 6.45) is 3.50. The summed E-state index contributed by atoms with van der Waals surface area (Å²) < 4.78 is 33.0. The van der Waals surface area contributed by atoms with Gasteiger partial charge in [-0.1, -0.05) is 6.42 Å². The highest BCUT2D eigenvalue weighted by atomic mass is 32.2. The molecule has 0 spiro atoms. The predicted molar refractivity (Wildman–Crippen MR) is 121 cm³/mol. The molecule has 4 rings (SSSR count). The van der Waals surface area contributed by atoms with Crippen molar-refractivity contribution in [3.63, 3.8) is 0 Å². The summed E-state index contributed by atoms with van der Waals surface area (Å²) in [5.41, 5.74) is 0.224. The zero-order valence-corrected chi connectivity index (χ0v) is 19.0. The molecule has 1 amide bonds. The lowest BCUT2D eigenvalue weighted by atomic mass is 10.1. The molecule has 10 heteroatoms. The number of fused-ring (bicyclic) bond motifs is 1. The molecule has 2 saturated heterocycles. The second kappa shape index (κ2) is 10.1. The van der Waals surface area contributed by atoms with Crippen molar-refractivity contribution < 1.29 is 17.9 Å². The first kappa shape index (κ1) is 22.9. The van der Waals surface area contributed by atoms with E-state index in [2.05, 4.69) is 15.2 Å². The second-order valence-electron chi connectivity index (χ2n) is 8.28. The summed E-state index contributed by atoms with van der Waals surface area (Å²) in [5, 5.41) is 3.29. The van der Waals surface area contributed by atoms with Crippen molar-refractivity contribution in [2.45, 2.75) is 30.6 Å². The van der Waals surface area contributed by atoms with Gasteiger partial charge in [-0.2, -0.15) is 4.31 Å². The number of ether oxygens (including phenoxy) is 1. The van der Waals surface area contributed by atoms with E-state index < -0.39 is 15.6 Å². The van der Waals surface area contributed by atoms with Gasteiger partial charge < -0.3 is 15.0 Å². The molecule has 0 saturated carbocycles. The molecule has 32 heavy (non-hydrogen) atoms. The number of carbonyl (C=O) groups excluding carboxylic acids is 1. The van der Waals surface area contributed by atoms with Crippen LogP contribution in [0, 0.1) is 0 Å². The number of nitrogens with zero attached hydrogens (tertiary/aromatic N) is 2. The van der Waals surface area contributed by atoms with Gasteiger partial charge in [0.1, 0.15) is 0 Å². The maximum Gasteiger partial charge on any atom is 0.252 e. The highest BCUT2D eigenvalue weighted by Gasteiger charge is 2.26. The number of rotatable bonds is 7. The van der Waals surface area contributed by atoms with Crippen LogP contribution in [-0.2, 0) is 14.8 Å². The molecule has 2 N–H and O–H groups in total. The van der Waals surface area contributed by atoms with Crippen LogP contribution in [0.15, 0.2) is 34.0 Å². The molecule has 9 nitrogen and oxygen atoms in total.